The minimum Gasteiger partial charge on any atom is -0.478 e. The molecule has 0 spiro atoms. The van der Waals surface area contributed by atoms with Gasteiger partial charge in [0.1, 0.15) is 0 Å². The van der Waals surface area contributed by atoms with Crippen molar-refractivity contribution in [2.45, 2.75) is 19.3 Å². The summed E-state index contributed by atoms with van der Waals surface area (Å²) >= 11 is 1.51. The highest BCUT2D eigenvalue weighted by Crippen LogP contribution is 2.40. The van der Waals surface area contributed by atoms with E-state index in [1.807, 2.05) is 29.6 Å². The fourth-order valence-electron chi connectivity index (χ4n) is 3.59. The number of ketones is 1. The smallest absolute Gasteiger partial charge is 0.328 e. The topological polar surface area (TPSA) is 94.9 Å². The van der Waals surface area contributed by atoms with Crippen LogP contribution >= 0.6 is 11.3 Å². The van der Waals surface area contributed by atoms with Crippen molar-refractivity contribution < 1.29 is 28.7 Å². The molecule has 0 bridgehead atoms. The molecule has 30 heavy (non-hydrogen) atoms. The van der Waals surface area contributed by atoms with Gasteiger partial charge in [-0.3, -0.25) is 4.79 Å². The Hall–Kier alpha value is -3.03. The van der Waals surface area contributed by atoms with Gasteiger partial charge in [0.25, 0.3) is 0 Å². The molecule has 2 N–H and O–H groups in total. The summed E-state index contributed by atoms with van der Waals surface area (Å²) in [5.74, 6) is -2.34. The minimum atomic E-state index is -2.03. The third kappa shape index (κ3) is 5.11. The maximum Gasteiger partial charge on any atom is 0.328 e. The lowest BCUT2D eigenvalue weighted by Gasteiger charge is -2.27. The number of fused-ring (bicyclic) bond motifs is 2. The third-order valence-corrected chi connectivity index (χ3v) is 5.87. The van der Waals surface area contributed by atoms with Gasteiger partial charge < -0.3 is 15.1 Å². The number of benzene rings is 1. The third-order valence-electron chi connectivity index (χ3n) is 4.91. The van der Waals surface area contributed by atoms with Crippen LogP contribution in [0.2, 0.25) is 0 Å². The number of rotatable bonds is 2. The first kappa shape index (κ1) is 17.8. The molecule has 2 aromatic rings. The summed E-state index contributed by atoms with van der Waals surface area (Å²) in [5, 5.41) is 17.6. The van der Waals surface area contributed by atoms with Crippen LogP contribution in [-0.2, 0) is 16.0 Å². The summed E-state index contributed by atoms with van der Waals surface area (Å²) in [5.41, 5.74) is 5.64. The van der Waals surface area contributed by atoms with Crippen molar-refractivity contribution in [1.82, 2.24) is 4.90 Å². The molecule has 1 fully saturated rings. The van der Waals surface area contributed by atoms with Crippen LogP contribution in [0.15, 0.2) is 53.4 Å². The molecule has 1 aliphatic carbocycles. The normalized spacial score (nSPS) is 18.3. The zero-order valence-corrected chi connectivity index (χ0v) is 16.9. The summed E-state index contributed by atoms with van der Waals surface area (Å²) in [4.78, 5) is 34.2. The Bertz CT molecular complexity index is 1110. The van der Waals surface area contributed by atoms with Crippen LogP contribution in [0.4, 0.5) is 0 Å². The standard InChI is InChI=1S/C19H19NOS.C4H4O4/c1-20-9-6-13(7-10-20)18-15-5-3-2-4-14(15)12-17(21)19-16(18)8-11-22-19;5-3(6)1-2-4(7)8/h2-5,8,11H,6-7,9-10,12H2,1H3;1-2H,(H,5,6)(H,7,8)/b;2-1+/i1D3;. The van der Waals surface area contributed by atoms with E-state index in [-0.39, 0.29) is 5.78 Å². The van der Waals surface area contributed by atoms with Crippen molar-refractivity contribution in [3.63, 3.8) is 0 Å². The molecule has 156 valence electrons. The van der Waals surface area contributed by atoms with E-state index in [1.54, 1.807) is 4.90 Å². The number of likely N-dealkylation sites (tertiary alicyclic amines) is 1. The van der Waals surface area contributed by atoms with E-state index in [1.165, 1.54) is 16.9 Å². The van der Waals surface area contributed by atoms with Gasteiger partial charge in [-0.25, -0.2) is 9.59 Å². The van der Waals surface area contributed by atoms with Crippen molar-refractivity contribution in [2.24, 2.45) is 0 Å². The molecular weight excluding hydrogens is 402 g/mol. The number of hydrogen-bond acceptors (Lipinski definition) is 5. The Balaban J connectivity index is 0.000000331. The van der Waals surface area contributed by atoms with Gasteiger partial charge in [-0.15, -0.1) is 11.3 Å². The Morgan fingerprint density at radius 3 is 2.37 bits per heavy atom. The number of Topliss-reactive ketones (excluding diaryl/α,β-unsaturated/α-hetero) is 1. The van der Waals surface area contributed by atoms with Gasteiger partial charge in [-0.05, 0) is 48.0 Å². The predicted molar refractivity (Wildman–Crippen MR) is 116 cm³/mol. The molecular formula is C23H23NO5S. The largest absolute Gasteiger partial charge is 0.478 e. The highest BCUT2D eigenvalue weighted by molar-refractivity contribution is 7.12. The van der Waals surface area contributed by atoms with E-state index in [4.69, 9.17) is 14.3 Å². The van der Waals surface area contributed by atoms with Gasteiger partial charge >= 0.3 is 11.9 Å². The van der Waals surface area contributed by atoms with Crippen molar-refractivity contribution in [1.29, 1.82) is 0 Å². The summed E-state index contributed by atoms with van der Waals surface area (Å²) in [6.45, 7) is -0.961. The van der Waals surface area contributed by atoms with Crippen molar-refractivity contribution in [3.8, 4) is 0 Å². The van der Waals surface area contributed by atoms with Gasteiger partial charge in [0.15, 0.2) is 5.78 Å². The molecule has 1 aromatic carbocycles. The summed E-state index contributed by atoms with van der Waals surface area (Å²) in [6, 6.07) is 10.2. The number of thiophene rings is 1. The van der Waals surface area contributed by atoms with Crippen LogP contribution in [0.3, 0.4) is 0 Å². The number of carbonyl (C=O) groups excluding carboxylic acids is 1. The van der Waals surface area contributed by atoms with E-state index in [0.29, 0.717) is 31.7 Å². The number of piperidine rings is 1. The molecule has 0 atom stereocenters. The van der Waals surface area contributed by atoms with Crippen LogP contribution < -0.4 is 0 Å². The Kier molecular flexibility index (Phi) is 5.72. The monoisotopic (exact) mass is 428 g/mol. The first-order valence-electron chi connectivity index (χ1n) is 10.9. The summed E-state index contributed by atoms with van der Waals surface area (Å²) in [6.07, 6.45) is 3.00. The number of hydrogen-bond donors (Lipinski definition) is 2. The highest BCUT2D eigenvalue weighted by atomic mass is 32.1. The van der Waals surface area contributed by atoms with E-state index in [2.05, 4.69) is 6.07 Å². The highest BCUT2D eigenvalue weighted by Gasteiger charge is 2.27. The molecule has 0 amide bonds. The number of carbonyl (C=O) groups is 3. The quantitative estimate of drug-likeness (QED) is 0.708. The Labute approximate surface area is 183 Å². The molecule has 0 unspecified atom stereocenters. The number of aliphatic carboxylic acids is 2. The van der Waals surface area contributed by atoms with Gasteiger partial charge in [0, 0.05) is 41.3 Å². The zero-order chi connectivity index (χ0) is 24.2. The van der Waals surface area contributed by atoms with Crippen molar-refractivity contribution in [3.05, 3.63) is 75.0 Å². The average Bonchev–Trinajstić information content (AvgIpc) is 3.19. The minimum absolute atomic E-state index is 0.174. The van der Waals surface area contributed by atoms with Crippen LogP contribution in [0.5, 0.6) is 0 Å². The Morgan fingerprint density at radius 1 is 1.07 bits per heavy atom. The second-order valence-electron chi connectivity index (χ2n) is 6.90. The lowest BCUT2D eigenvalue weighted by Crippen LogP contribution is -2.27. The summed E-state index contributed by atoms with van der Waals surface area (Å²) < 4.78 is 22.8. The van der Waals surface area contributed by atoms with E-state index in [0.717, 1.165) is 40.0 Å². The zero-order valence-electron chi connectivity index (χ0n) is 19.1. The van der Waals surface area contributed by atoms with Gasteiger partial charge in [0.2, 0.25) is 0 Å². The first-order chi connectivity index (χ1) is 15.6. The molecule has 0 radical (unpaired) electrons. The SMILES string of the molecule is O=C(O)/C=C/C(=O)O.[2H]C([2H])([2H])N1CCC(=C2c3ccccc3CC(=O)c3sccc32)CC1. The average molecular weight is 429 g/mol. The maximum absolute atomic E-state index is 12.6. The fraction of sp³-hybridized carbons (Fsp3) is 0.261. The number of carboxylic acids is 2. The number of nitrogens with zero attached hydrogens (tertiary/aromatic N) is 1. The van der Waals surface area contributed by atoms with E-state index >= 15 is 0 Å². The second kappa shape index (κ2) is 9.65. The molecule has 4 rings (SSSR count). The lowest BCUT2D eigenvalue weighted by molar-refractivity contribution is -0.134. The molecule has 2 aliphatic rings. The van der Waals surface area contributed by atoms with Gasteiger partial charge in [0.05, 0.1) is 4.88 Å². The van der Waals surface area contributed by atoms with Crippen molar-refractivity contribution >= 4 is 34.6 Å². The van der Waals surface area contributed by atoms with Crippen LogP contribution in [0.1, 0.15) is 43.3 Å². The molecule has 1 aliphatic heterocycles. The molecule has 7 heteroatoms. The van der Waals surface area contributed by atoms with Crippen molar-refractivity contribution in [2.75, 3.05) is 20.1 Å². The molecule has 2 heterocycles. The molecule has 6 nitrogen and oxygen atoms in total. The van der Waals surface area contributed by atoms with Crippen LogP contribution in [0, 0.1) is 0 Å². The van der Waals surface area contributed by atoms with Gasteiger partial charge in [-0.2, -0.15) is 0 Å². The summed E-state index contributed by atoms with van der Waals surface area (Å²) in [7, 11) is 0. The predicted octanol–water partition coefficient (Wildman–Crippen LogP) is 3.73. The molecule has 1 aromatic heterocycles. The van der Waals surface area contributed by atoms with Crippen LogP contribution in [-0.4, -0.2) is 52.9 Å². The number of carboxylic acid groups (broad SMARTS) is 2. The van der Waals surface area contributed by atoms with E-state index < -0.39 is 18.9 Å². The first-order valence-corrected chi connectivity index (χ1v) is 10.3. The van der Waals surface area contributed by atoms with Crippen LogP contribution in [0.25, 0.3) is 5.57 Å². The van der Waals surface area contributed by atoms with E-state index in [9.17, 15) is 14.4 Å². The van der Waals surface area contributed by atoms with Gasteiger partial charge in [-0.1, -0.05) is 29.8 Å². The Morgan fingerprint density at radius 2 is 1.73 bits per heavy atom. The second-order valence-corrected chi connectivity index (χ2v) is 7.81. The fourth-order valence-corrected chi connectivity index (χ4v) is 4.43. The maximum atomic E-state index is 12.6. The molecule has 1 saturated heterocycles. The lowest BCUT2D eigenvalue weighted by atomic mass is 9.88. The molecule has 0 saturated carbocycles.